The maximum Gasteiger partial charge on any atom is 0.341 e. The first-order chi connectivity index (χ1) is 15.3. The van der Waals surface area contributed by atoms with Gasteiger partial charge in [-0.25, -0.2) is 9.78 Å². The molecule has 1 aromatic carbocycles. The van der Waals surface area contributed by atoms with E-state index in [1.165, 1.54) is 0 Å². The minimum atomic E-state index is -1.17. The van der Waals surface area contributed by atoms with Crippen LogP contribution in [-0.4, -0.2) is 38.8 Å². The number of carboxylic acids is 1. The number of hydrogen-bond donors (Lipinski definition) is 2. The average molecular weight is 437 g/mol. The van der Waals surface area contributed by atoms with Crippen molar-refractivity contribution in [2.45, 2.75) is 46.0 Å². The van der Waals surface area contributed by atoms with Crippen LogP contribution in [0.15, 0.2) is 36.5 Å². The third kappa shape index (κ3) is 4.96. The van der Waals surface area contributed by atoms with E-state index in [4.69, 9.17) is 15.6 Å². The molecule has 168 valence electrons. The number of amides is 1. The summed E-state index contributed by atoms with van der Waals surface area (Å²) in [5.41, 5.74) is 8.98. The van der Waals surface area contributed by atoms with E-state index in [0.717, 1.165) is 36.1 Å². The summed E-state index contributed by atoms with van der Waals surface area (Å²) in [6.45, 7) is 3.22. The number of carbonyl (C=O) groups is 3. The number of aliphatic carboxylic acids is 1. The maximum absolute atomic E-state index is 13.0. The molecule has 0 aliphatic rings. The Kier molecular flexibility index (Phi) is 7.25. The van der Waals surface area contributed by atoms with Gasteiger partial charge in [0.15, 0.2) is 6.61 Å². The minimum absolute atomic E-state index is 0.00643. The zero-order valence-electron chi connectivity index (χ0n) is 18.3. The van der Waals surface area contributed by atoms with Gasteiger partial charge < -0.3 is 20.0 Å². The summed E-state index contributed by atoms with van der Waals surface area (Å²) in [5.74, 6) is -3.09. The molecule has 0 saturated heterocycles. The number of ether oxygens (including phenoxy) is 1. The molecule has 32 heavy (non-hydrogen) atoms. The van der Waals surface area contributed by atoms with Crippen molar-refractivity contribution in [3.05, 3.63) is 64.6 Å². The first-order valence-electron chi connectivity index (χ1n) is 10.6. The first kappa shape index (κ1) is 23.0. The predicted octanol–water partition coefficient (Wildman–Crippen LogP) is 3.10. The molecule has 0 unspecified atom stereocenters. The Bertz CT molecular complexity index is 1150. The number of Topliss-reactive ketones (excluding diaryl/α,β-unsaturated/α-hetero) is 1. The van der Waals surface area contributed by atoms with Crippen LogP contribution in [0.1, 0.15) is 59.1 Å². The molecule has 3 N–H and O–H groups in total. The summed E-state index contributed by atoms with van der Waals surface area (Å²) in [6.07, 6.45) is 5.63. The predicted molar refractivity (Wildman–Crippen MR) is 119 cm³/mol. The number of nitrogens with zero attached hydrogens (tertiary/aromatic N) is 2. The molecule has 0 bridgehead atoms. The lowest BCUT2D eigenvalue weighted by atomic mass is 9.96. The Balaban J connectivity index is 2.31. The lowest BCUT2D eigenvalue weighted by Crippen LogP contribution is -2.24. The number of ketones is 1. The monoisotopic (exact) mass is 437 g/mol. The Morgan fingerprint density at radius 1 is 1.16 bits per heavy atom. The van der Waals surface area contributed by atoms with Gasteiger partial charge in [-0.1, -0.05) is 50.1 Å². The highest BCUT2D eigenvalue weighted by Crippen LogP contribution is 2.33. The van der Waals surface area contributed by atoms with Crippen LogP contribution < -0.4 is 10.5 Å². The van der Waals surface area contributed by atoms with Gasteiger partial charge >= 0.3 is 5.97 Å². The Morgan fingerprint density at radius 2 is 1.88 bits per heavy atom. The standard InChI is InChI=1S/C24H27N3O5/c1-3-4-6-11-17-18(12-16-9-7-5-8-10-16)27-13-15(2)26-24(32-14-19(28)29)21(27)20(17)22(30)23(25)31/h5,7-10,13H,3-4,6,11-12,14H2,1-2H3,(H2,25,31)(H,28,29). The van der Waals surface area contributed by atoms with E-state index in [1.54, 1.807) is 17.5 Å². The zero-order valence-corrected chi connectivity index (χ0v) is 18.3. The second kappa shape index (κ2) is 10.1. The number of primary amides is 1. The Morgan fingerprint density at radius 3 is 2.50 bits per heavy atom. The molecule has 3 aromatic rings. The summed E-state index contributed by atoms with van der Waals surface area (Å²) in [7, 11) is 0. The normalized spacial score (nSPS) is 10.9. The second-order valence-electron chi connectivity index (χ2n) is 7.70. The summed E-state index contributed by atoms with van der Waals surface area (Å²) in [5, 5.41) is 9.08. The molecule has 0 aliphatic heterocycles. The van der Waals surface area contributed by atoms with Crippen molar-refractivity contribution in [3.8, 4) is 5.88 Å². The van der Waals surface area contributed by atoms with Gasteiger partial charge in [0, 0.05) is 18.3 Å². The van der Waals surface area contributed by atoms with Crippen molar-refractivity contribution in [2.24, 2.45) is 5.73 Å². The Labute approximate surface area is 186 Å². The van der Waals surface area contributed by atoms with E-state index in [0.29, 0.717) is 18.5 Å². The first-order valence-corrected chi connectivity index (χ1v) is 10.6. The number of rotatable bonds is 11. The molecule has 3 rings (SSSR count). The molecule has 0 radical (unpaired) electrons. The molecule has 0 aliphatic carbocycles. The number of fused-ring (bicyclic) bond motifs is 1. The third-order valence-electron chi connectivity index (χ3n) is 5.24. The molecule has 8 heteroatoms. The zero-order chi connectivity index (χ0) is 23.3. The maximum atomic E-state index is 13.0. The highest BCUT2D eigenvalue weighted by Gasteiger charge is 2.29. The molecule has 2 aromatic heterocycles. The number of benzene rings is 1. The van der Waals surface area contributed by atoms with Crippen LogP contribution in [-0.2, 0) is 22.4 Å². The molecule has 0 atom stereocenters. The second-order valence-corrected chi connectivity index (χ2v) is 7.70. The van der Waals surface area contributed by atoms with Gasteiger partial charge in [0.25, 0.3) is 11.7 Å². The van der Waals surface area contributed by atoms with E-state index in [1.807, 2.05) is 30.3 Å². The molecule has 1 amide bonds. The summed E-state index contributed by atoms with van der Waals surface area (Å²) in [4.78, 5) is 40.3. The van der Waals surface area contributed by atoms with E-state index in [9.17, 15) is 14.4 Å². The number of aromatic nitrogens is 2. The van der Waals surface area contributed by atoms with Crippen LogP contribution >= 0.6 is 0 Å². The molecule has 0 fully saturated rings. The van der Waals surface area contributed by atoms with Crippen LogP contribution in [0.5, 0.6) is 5.88 Å². The summed E-state index contributed by atoms with van der Waals surface area (Å²) >= 11 is 0. The van der Waals surface area contributed by atoms with Crippen LogP contribution in [0.4, 0.5) is 0 Å². The third-order valence-corrected chi connectivity index (χ3v) is 5.24. The van der Waals surface area contributed by atoms with Gasteiger partial charge in [-0.05, 0) is 30.9 Å². The van der Waals surface area contributed by atoms with E-state index < -0.39 is 24.3 Å². The number of unbranched alkanes of at least 4 members (excludes halogenated alkanes) is 2. The van der Waals surface area contributed by atoms with Gasteiger partial charge in [-0.3, -0.25) is 9.59 Å². The van der Waals surface area contributed by atoms with E-state index in [-0.39, 0.29) is 17.0 Å². The van der Waals surface area contributed by atoms with Crippen LogP contribution in [0.2, 0.25) is 0 Å². The van der Waals surface area contributed by atoms with Crippen molar-refractivity contribution in [3.63, 3.8) is 0 Å². The number of carbonyl (C=O) groups excluding carboxylic acids is 2. The van der Waals surface area contributed by atoms with Crippen molar-refractivity contribution < 1.29 is 24.2 Å². The largest absolute Gasteiger partial charge is 0.479 e. The molecule has 2 heterocycles. The minimum Gasteiger partial charge on any atom is -0.479 e. The Hall–Kier alpha value is -3.68. The fourth-order valence-electron chi connectivity index (χ4n) is 3.87. The fourth-order valence-corrected chi connectivity index (χ4v) is 3.87. The summed E-state index contributed by atoms with van der Waals surface area (Å²) < 4.78 is 7.24. The van der Waals surface area contributed by atoms with Gasteiger partial charge in [0.2, 0.25) is 5.88 Å². The van der Waals surface area contributed by atoms with E-state index in [2.05, 4.69) is 11.9 Å². The average Bonchev–Trinajstić information content (AvgIpc) is 3.05. The number of nitrogens with two attached hydrogens (primary N) is 1. The van der Waals surface area contributed by atoms with Crippen molar-refractivity contribution >= 4 is 23.2 Å². The number of aryl methyl sites for hydroxylation is 1. The van der Waals surface area contributed by atoms with Gasteiger partial charge in [-0.15, -0.1) is 0 Å². The SMILES string of the molecule is CCCCCc1c(C(=O)C(N)=O)c2c(OCC(=O)O)nc(C)cn2c1Cc1ccccc1. The lowest BCUT2D eigenvalue weighted by Gasteiger charge is -2.10. The van der Waals surface area contributed by atoms with E-state index >= 15 is 0 Å². The molecule has 8 nitrogen and oxygen atoms in total. The number of carboxylic acid groups (broad SMARTS) is 1. The molecule has 0 spiro atoms. The van der Waals surface area contributed by atoms with Gasteiger partial charge in [0.1, 0.15) is 5.52 Å². The van der Waals surface area contributed by atoms with Crippen molar-refractivity contribution in [1.82, 2.24) is 9.38 Å². The number of hydrogen-bond acceptors (Lipinski definition) is 5. The quantitative estimate of drug-likeness (QED) is 0.270. The highest BCUT2D eigenvalue weighted by molar-refractivity contribution is 6.44. The fraction of sp³-hybridized carbons (Fsp3) is 0.333. The summed E-state index contributed by atoms with van der Waals surface area (Å²) in [6, 6.07) is 9.77. The molecule has 0 saturated carbocycles. The van der Waals surface area contributed by atoms with Crippen LogP contribution in [0.3, 0.4) is 0 Å². The molecular formula is C24H27N3O5. The lowest BCUT2D eigenvalue weighted by molar-refractivity contribution is -0.139. The van der Waals surface area contributed by atoms with Gasteiger partial charge in [-0.2, -0.15) is 0 Å². The van der Waals surface area contributed by atoms with Crippen LogP contribution in [0, 0.1) is 6.92 Å². The van der Waals surface area contributed by atoms with Gasteiger partial charge in [0.05, 0.1) is 11.3 Å². The molecular weight excluding hydrogens is 410 g/mol. The smallest absolute Gasteiger partial charge is 0.341 e. The topological polar surface area (TPSA) is 124 Å². The highest BCUT2D eigenvalue weighted by atomic mass is 16.5. The van der Waals surface area contributed by atoms with Crippen molar-refractivity contribution in [1.29, 1.82) is 0 Å². The van der Waals surface area contributed by atoms with Crippen LogP contribution in [0.25, 0.3) is 5.52 Å². The van der Waals surface area contributed by atoms with Crippen molar-refractivity contribution in [2.75, 3.05) is 6.61 Å².